The molecule has 1 unspecified atom stereocenters. The third kappa shape index (κ3) is 2.80. The Labute approximate surface area is 123 Å². The maximum absolute atomic E-state index is 4.44. The highest BCUT2D eigenvalue weighted by atomic mass is 15.3. The molecule has 0 spiro atoms. The van der Waals surface area contributed by atoms with Gasteiger partial charge in [0.25, 0.3) is 0 Å². The van der Waals surface area contributed by atoms with Gasteiger partial charge in [0.1, 0.15) is 12.2 Å². The fourth-order valence-electron chi connectivity index (χ4n) is 2.58. The van der Waals surface area contributed by atoms with Crippen LogP contribution in [-0.4, -0.2) is 37.4 Å². The number of hydrogen-bond donors (Lipinski definition) is 1. The molecule has 0 aliphatic rings. The van der Waals surface area contributed by atoms with Crippen molar-refractivity contribution in [2.75, 3.05) is 7.05 Å². The third-order valence-corrected chi connectivity index (χ3v) is 3.78. The molecular formula is C15H20N6. The first-order chi connectivity index (χ1) is 10.3. The lowest BCUT2D eigenvalue weighted by Gasteiger charge is -2.17. The lowest BCUT2D eigenvalue weighted by atomic mass is 10.2. The Balaban J connectivity index is 1.78. The van der Waals surface area contributed by atoms with Crippen molar-refractivity contribution in [1.29, 1.82) is 0 Å². The second-order valence-electron chi connectivity index (χ2n) is 5.07. The number of likely N-dealkylation sites (N-methyl/N-ethyl adjacent to an activating group) is 1. The summed E-state index contributed by atoms with van der Waals surface area (Å²) in [5.41, 5.74) is 2.19. The second kappa shape index (κ2) is 6.05. The van der Waals surface area contributed by atoms with Crippen molar-refractivity contribution in [1.82, 2.24) is 29.6 Å². The van der Waals surface area contributed by atoms with Gasteiger partial charge in [-0.15, -0.1) is 0 Å². The number of imidazole rings is 1. The zero-order valence-corrected chi connectivity index (χ0v) is 12.4. The Bertz CT molecular complexity index is 714. The van der Waals surface area contributed by atoms with E-state index in [1.54, 1.807) is 6.33 Å². The third-order valence-electron chi connectivity index (χ3n) is 3.78. The van der Waals surface area contributed by atoms with Gasteiger partial charge in [0.15, 0.2) is 0 Å². The standard InChI is InChI=1S/C15H20N6/c1-3-21-15(17-10-19-21)8-12(16-2)9-20-11-18-13-6-4-5-7-14(13)20/h4-7,10-12,16H,3,8-9H2,1-2H3. The van der Waals surface area contributed by atoms with Crippen LogP contribution in [0.15, 0.2) is 36.9 Å². The predicted octanol–water partition coefficient (Wildman–Crippen LogP) is 1.48. The molecule has 0 aliphatic heterocycles. The van der Waals surface area contributed by atoms with E-state index < -0.39 is 0 Å². The van der Waals surface area contributed by atoms with Gasteiger partial charge in [-0.1, -0.05) is 12.1 Å². The Morgan fingerprint density at radius 3 is 2.90 bits per heavy atom. The SMILES string of the molecule is CCn1ncnc1CC(Cn1cnc2ccccc21)NC. The van der Waals surface area contributed by atoms with Gasteiger partial charge in [0, 0.05) is 25.6 Å². The highest BCUT2D eigenvalue weighted by molar-refractivity contribution is 5.74. The molecule has 21 heavy (non-hydrogen) atoms. The van der Waals surface area contributed by atoms with Gasteiger partial charge in [-0.2, -0.15) is 5.10 Å². The van der Waals surface area contributed by atoms with Gasteiger partial charge in [-0.25, -0.2) is 9.97 Å². The number of nitrogens with one attached hydrogen (secondary N) is 1. The number of nitrogens with zero attached hydrogens (tertiary/aromatic N) is 5. The number of hydrogen-bond acceptors (Lipinski definition) is 4. The van der Waals surface area contributed by atoms with Crippen LogP contribution in [0.2, 0.25) is 0 Å². The normalized spacial score (nSPS) is 12.9. The van der Waals surface area contributed by atoms with E-state index in [-0.39, 0.29) is 6.04 Å². The lowest BCUT2D eigenvalue weighted by molar-refractivity contribution is 0.461. The fraction of sp³-hybridized carbons (Fsp3) is 0.400. The molecule has 0 bridgehead atoms. The number of rotatable bonds is 6. The molecule has 0 amide bonds. The topological polar surface area (TPSA) is 60.6 Å². The van der Waals surface area contributed by atoms with Crippen LogP contribution in [-0.2, 0) is 19.5 Å². The molecule has 0 saturated heterocycles. The smallest absolute Gasteiger partial charge is 0.138 e. The molecule has 1 aromatic carbocycles. The minimum absolute atomic E-state index is 0.289. The minimum atomic E-state index is 0.289. The van der Waals surface area contributed by atoms with E-state index in [0.717, 1.165) is 36.4 Å². The predicted molar refractivity (Wildman–Crippen MR) is 82.0 cm³/mol. The van der Waals surface area contributed by atoms with E-state index in [0.29, 0.717) is 0 Å². The van der Waals surface area contributed by atoms with Crippen LogP contribution in [0.4, 0.5) is 0 Å². The van der Waals surface area contributed by atoms with E-state index in [2.05, 4.69) is 37.9 Å². The molecule has 1 N–H and O–H groups in total. The van der Waals surface area contributed by atoms with Crippen molar-refractivity contribution in [2.45, 2.75) is 32.5 Å². The largest absolute Gasteiger partial charge is 0.329 e. The van der Waals surface area contributed by atoms with Gasteiger partial charge in [-0.3, -0.25) is 4.68 Å². The average Bonchev–Trinajstić information content (AvgIpc) is 3.13. The first-order valence-electron chi connectivity index (χ1n) is 7.25. The van der Waals surface area contributed by atoms with Crippen molar-refractivity contribution in [3.8, 4) is 0 Å². The molecule has 0 saturated carbocycles. The van der Waals surface area contributed by atoms with Crippen molar-refractivity contribution in [2.24, 2.45) is 0 Å². The summed E-state index contributed by atoms with van der Waals surface area (Å²) in [6.07, 6.45) is 4.37. The Hall–Kier alpha value is -2.21. The molecule has 2 aromatic heterocycles. The summed E-state index contributed by atoms with van der Waals surface area (Å²) in [4.78, 5) is 8.79. The van der Waals surface area contributed by atoms with Gasteiger partial charge in [0.05, 0.1) is 17.4 Å². The number of para-hydroxylation sites is 2. The molecule has 2 heterocycles. The van der Waals surface area contributed by atoms with Crippen LogP contribution in [0.5, 0.6) is 0 Å². The monoisotopic (exact) mass is 284 g/mol. The highest BCUT2D eigenvalue weighted by Gasteiger charge is 2.13. The average molecular weight is 284 g/mol. The fourth-order valence-corrected chi connectivity index (χ4v) is 2.58. The summed E-state index contributed by atoms with van der Waals surface area (Å²) in [6.45, 7) is 3.78. The Kier molecular flexibility index (Phi) is 3.96. The van der Waals surface area contributed by atoms with E-state index >= 15 is 0 Å². The van der Waals surface area contributed by atoms with Gasteiger partial charge >= 0.3 is 0 Å². The van der Waals surface area contributed by atoms with Crippen molar-refractivity contribution in [3.05, 3.63) is 42.7 Å². The Morgan fingerprint density at radius 1 is 1.24 bits per heavy atom. The van der Waals surface area contributed by atoms with Crippen LogP contribution >= 0.6 is 0 Å². The molecule has 3 rings (SSSR count). The summed E-state index contributed by atoms with van der Waals surface area (Å²) < 4.78 is 4.12. The van der Waals surface area contributed by atoms with Crippen LogP contribution in [0.25, 0.3) is 11.0 Å². The summed E-state index contributed by atoms with van der Waals surface area (Å²) in [7, 11) is 1.98. The number of aryl methyl sites for hydroxylation is 1. The first kappa shape index (κ1) is 13.8. The van der Waals surface area contributed by atoms with Crippen LogP contribution in [0.3, 0.4) is 0 Å². The zero-order valence-electron chi connectivity index (χ0n) is 12.4. The lowest BCUT2D eigenvalue weighted by Crippen LogP contribution is -2.33. The molecule has 0 fully saturated rings. The molecule has 6 nitrogen and oxygen atoms in total. The van der Waals surface area contributed by atoms with Crippen LogP contribution in [0, 0.1) is 0 Å². The van der Waals surface area contributed by atoms with E-state index in [1.165, 1.54) is 0 Å². The summed E-state index contributed by atoms with van der Waals surface area (Å²) in [5.74, 6) is 1.02. The molecule has 1 atom stereocenters. The first-order valence-corrected chi connectivity index (χ1v) is 7.25. The zero-order chi connectivity index (χ0) is 14.7. The van der Waals surface area contributed by atoms with Gasteiger partial charge in [-0.05, 0) is 26.1 Å². The number of aromatic nitrogens is 5. The van der Waals surface area contributed by atoms with Gasteiger partial charge < -0.3 is 9.88 Å². The quantitative estimate of drug-likeness (QED) is 0.745. The maximum atomic E-state index is 4.44. The maximum Gasteiger partial charge on any atom is 0.138 e. The molecule has 0 radical (unpaired) electrons. The van der Waals surface area contributed by atoms with E-state index in [9.17, 15) is 0 Å². The summed E-state index contributed by atoms with van der Waals surface area (Å²) >= 11 is 0. The molecule has 110 valence electrons. The van der Waals surface area contributed by atoms with E-state index in [4.69, 9.17) is 0 Å². The van der Waals surface area contributed by atoms with Crippen molar-refractivity contribution >= 4 is 11.0 Å². The van der Waals surface area contributed by atoms with Gasteiger partial charge in [0.2, 0.25) is 0 Å². The molecule has 0 aliphatic carbocycles. The van der Waals surface area contributed by atoms with Crippen LogP contribution in [0.1, 0.15) is 12.7 Å². The minimum Gasteiger partial charge on any atom is -0.329 e. The molecular weight excluding hydrogens is 264 g/mol. The molecule has 6 heteroatoms. The summed E-state index contributed by atoms with van der Waals surface area (Å²) in [5, 5.41) is 7.59. The van der Waals surface area contributed by atoms with Crippen molar-refractivity contribution < 1.29 is 0 Å². The number of benzene rings is 1. The molecule has 3 aromatic rings. The van der Waals surface area contributed by atoms with Crippen LogP contribution < -0.4 is 5.32 Å². The second-order valence-corrected chi connectivity index (χ2v) is 5.07. The number of fused-ring (bicyclic) bond motifs is 1. The highest BCUT2D eigenvalue weighted by Crippen LogP contribution is 2.13. The summed E-state index contributed by atoms with van der Waals surface area (Å²) in [6, 6.07) is 8.48. The van der Waals surface area contributed by atoms with Crippen molar-refractivity contribution in [3.63, 3.8) is 0 Å². The van der Waals surface area contributed by atoms with E-state index in [1.807, 2.05) is 36.3 Å². The Morgan fingerprint density at radius 2 is 2.10 bits per heavy atom.